The van der Waals surface area contributed by atoms with Crippen LogP contribution in [-0.2, 0) is 9.53 Å². The number of morpholine rings is 1. The fraction of sp³-hybridized carbons (Fsp3) is 0.923. The van der Waals surface area contributed by atoms with Crippen LogP contribution in [0.1, 0.15) is 19.8 Å². The number of ether oxygens (including phenoxy) is 1. The average Bonchev–Trinajstić information content (AvgIpc) is 2.39. The van der Waals surface area contributed by atoms with Gasteiger partial charge in [-0.15, -0.1) is 0 Å². The van der Waals surface area contributed by atoms with Crippen molar-refractivity contribution in [1.29, 1.82) is 0 Å². The highest BCUT2D eigenvalue weighted by Crippen LogP contribution is 2.16. The van der Waals surface area contributed by atoms with Gasteiger partial charge < -0.3 is 14.4 Å². The zero-order valence-corrected chi connectivity index (χ0v) is 10.8. The molecule has 0 aromatic heterocycles. The smallest absolute Gasteiger partial charge is 0.124 e. The SMILES string of the molecule is CCN1CCOC(CN2CCCC(C=O)C2)C1. The second-order valence-electron chi connectivity index (χ2n) is 5.18. The van der Waals surface area contributed by atoms with Gasteiger partial charge in [-0.05, 0) is 25.9 Å². The number of aldehydes is 1. The lowest BCUT2D eigenvalue weighted by Gasteiger charge is -2.37. The van der Waals surface area contributed by atoms with Crippen molar-refractivity contribution in [3.05, 3.63) is 0 Å². The first-order chi connectivity index (χ1) is 8.31. The average molecular weight is 240 g/mol. The van der Waals surface area contributed by atoms with E-state index in [1.165, 1.54) is 0 Å². The Kier molecular flexibility index (Phi) is 4.95. The van der Waals surface area contributed by atoms with Gasteiger partial charge in [0, 0.05) is 32.1 Å². The van der Waals surface area contributed by atoms with E-state index in [1.807, 2.05) is 0 Å². The molecule has 98 valence electrons. The molecule has 2 rings (SSSR count). The number of hydrogen-bond acceptors (Lipinski definition) is 4. The molecule has 4 heteroatoms. The number of likely N-dealkylation sites (N-methyl/N-ethyl adjacent to an activating group) is 1. The molecule has 0 radical (unpaired) electrons. The maximum Gasteiger partial charge on any atom is 0.124 e. The van der Waals surface area contributed by atoms with Gasteiger partial charge in [0.05, 0.1) is 12.7 Å². The van der Waals surface area contributed by atoms with Crippen molar-refractivity contribution in [2.24, 2.45) is 5.92 Å². The molecule has 2 heterocycles. The van der Waals surface area contributed by atoms with Crippen molar-refractivity contribution in [1.82, 2.24) is 9.80 Å². The van der Waals surface area contributed by atoms with Gasteiger partial charge in [-0.3, -0.25) is 4.90 Å². The lowest BCUT2D eigenvalue weighted by atomic mass is 9.99. The van der Waals surface area contributed by atoms with Gasteiger partial charge in [0.2, 0.25) is 0 Å². The monoisotopic (exact) mass is 240 g/mol. The summed E-state index contributed by atoms with van der Waals surface area (Å²) in [6.07, 6.45) is 3.65. The summed E-state index contributed by atoms with van der Waals surface area (Å²) >= 11 is 0. The molecule has 2 saturated heterocycles. The van der Waals surface area contributed by atoms with E-state index in [0.29, 0.717) is 6.10 Å². The van der Waals surface area contributed by atoms with Gasteiger partial charge >= 0.3 is 0 Å². The Labute approximate surface area is 104 Å². The fourth-order valence-corrected chi connectivity index (χ4v) is 2.83. The van der Waals surface area contributed by atoms with Crippen LogP contribution in [0.5, 0.6) is 0 Å². The first kappa shape index (κ1) is 13.0. The van der Waals surface area contributed by atoms with Crippen molar-refractivity contribution in [3.63, 3.8) is 0 Å². The molecular formula is C13H24N2O2. The van der Waals surface area contributed by atoms with Crippen LogP contribution in [0.2, 0.25) is 0 Å². The van der Waals surface area contributed by atoms with Crippen LogP contribution >= 0.6 is 0 Å². The molecule has 2 unspecified atom stereocenters. The van der Waals surface area contributed by atoms with Crippen molar-refractivity contribution in [3.8, 4) is 0 Å². The Hall–Kier alpha value is -0.450. The number of piperidine rings is 1. The van der Waals surface area contributed by atoms with E-state index in [0.717, 1.165) is 65.0 Å². The molecule has 17 heavy (non-hydrogen) atoms. The Bertz CT molecular complexity index is 248. The summed E-state index contributed by atoms with van der Waals surface area (Å²) in [5, 5.41) is 0. The van der Waals surface area contributed by atoms with Crippen LogP contribution in [0.25, 0.3) is 0 Å². The van der Waals surface area contributed by atoms with Crippen molar-refractivity contribution < 1.29 is 9.53 Å². The highest BCUT2D eigenvalue weighted by molar-refractivity contribution is 5.53. The van der Waals surface area contributed by atoms with Crippen LogP contribution < -0.4 is 0 Å². The van der Waals surface area contributed by atoms with Crippen molar-refractivity contribution in [2.45, 2.75) is 25.9 Å². The minimum atomic E-state index is 0.245. The molecule has 2 atom stereocenters. The van der Waals surface area contributed by atoms with Gasteiger partial charge in [-0.25, -0.2) is 0 Å². The van der Waals surface area contributed by atoms with Crippen LogP contribution in [-0.4, -0.2) is 68.1 Å². The lowest BCUT2D eigenvalue weighted by molar-refractivity contribution is -0.113. The standard InChI is InChI=1S/C13H24N2O2/c1-2-14-6-7-17-13(9-14)10-15-5-3-4-12(8-15)11-16/h11-13H,2-10H2,1H3. The van der Waals surface area contributed by atoms with E-state index >= 15 is 0 Å². The highest BCUT2D eigenvalue weighted by atomic mass is 16.5. The molecule has 2 aliphatic heterocycles. The van der Waals surface area contributed by atoms with E-state index in [9.17, 15) is 4.79 Å². The second kappa shape index (κ2) is 6.47. The highest BCUT2D eigenvalue weighted by Gasteiger charge is 2.25. The summed E-state index contributed by atoms with van der Waals surface area (Å²) in [5.74, 6) is 0.245. The molecule has 2 aliphatic rings. The predicted molar refractivity (Wildman–Crippen MR) is 67.1 cm³/mol. The molecule has 0 N–H and O–H groups in total. The molecule has 0 amide bonds. The summed E-state index contributed by atoms with van der Waals surface area (Å²) in [6.45, 7) is 9.29. The molecule has 4 nitrogen and oxygen atoms in total. The first-order valence-electron chi connectivity index (χ1n) is 6.83. The first-order valence-corrected chi connectivity index (χ1v) is 6.83. The lowest BCUT2D eigenvalue weighted by Crippen LogP contribution is -2.49. The summed E-state index contributed by atoms with van der Waals surface area (Å²) < 4.78 is 5.81. The van der Waals surface area contributed by atoms with Gasteiger partial charge in [0.1, 0.15) is 6.29 Å². The van der Waals surface area contributed by atoms with E-state index < -0.39 is 0 Å². The minimum Gasteiger partial charge on any atom is -0.374 e. The van der Waals surface area contributed by atoms with E-state index in [1.54, 1.807) is 0 Å². The quantitative estimate of drug-likeness (QED) is 0.674. The zero-order valence-electron chi connectivity index (χ0n) is 10.8. The number of rotatable bonds is 4. The third-order valence-electron chi connectivity index (χ3n) is 3.87. The largest absolute Gasteiger partial charge is 0.374 e. The third kappa shape index (κ3) is 3.76. The molecule has 0 aromatic carbocycles. The van der Waals surface area contributed by atoms with Crippen LogP contribution in [0.4, 0.5) is 0 Å². The van der Waals surface area contributed by atoms with Gasteiger partial charge in [0.15, 0.2) is 0 Å². The molecule has 0 aliphatic carbocycles. The Morgan fingerprint density at radius 1 is 1.29 bits per heavy atom. The van der Waals surface area contributed by atoms with E-state index in [2.05, 4.69) is 16.7 Å². The van der Waals surface area contributed by atoms with Gasteiger partial charge in [0.25, 0.3) is 0 Å². The van der Waals surface area contributed by atoms with Crippen molar-refractivity contribution in [2.75, 3.05) is 45.9 Å². The van der Waals surface area contributed by atoms with Crippen LogP contribution in [0, 0.1) is 5.92 Å². The minimum absolute atomic E-state index is 0.245. The van der Waals surface area contributed by atoms with Gasteiger partial charge in [-0.2, -0.15) is 0 Å². The number of likely N-dealkylation sites (tertiary alicyclic amines) is 1. The number of carbonyl (C=O) groups is 1. The summed E-state index contributed by atoms with van der Waals surface area (Å²) in [5.41, 5.74) is 0. The Morgan fingerprint density at radius 2 is 2.18 bits per heavy atom. The molecule has 0 spiro atoms. The molecule has 0 bridgehead atoms. The number of hydrogen-bond donors (Lipinski definition) is 0. The van der Waals surface area contributed by atoms with E-state index in [4.69, 9.17) is 4.74 Å². The second-order valence-corrected chi connectivity index (χ2v) is 5.18. The normalized spacial score (nSPS) is 32.5. The van der Waals surface area contributed by atoms with Crippen LogP contribution in [0.15, 0.2) is 0 Å². The topological polar surface area (TPSA) is 32.8 Å². The summed E-state index contributed by atoms with van der Waals surface area (Å²) in [7, 11) is 0. The zero-order chi connectivity index (χ0) is 12.1. The Balaban J connectivity index is 1.77. The maximum absolute atomic E-state index is 10.8. The summed E-state index contributed by atoms with van der Waals surface area (Å²) in [4.78, 5) is 15.7. The van der Waals surface area contributed by atoms with Gasteiger partial charge in [-0.1, -0.05) is 6.92 Å². The van der Waals surface area contributed by atoms with Crippen LogP contribution in [0.3, 0.4) is 0 Å². The molecule has 0 aromatic rings. The van der Waals surface area contributed by atoms with E-state index in [-0.39, 0.29) is 5.92 Å². The molecule has 2 fully saturated rings. The maximum atomic E-state index is 10.8. The molecule has 0 saturated carbocycles. The third-order valence-corrected chi connectivity index (χ3v) is 3.87. The number of carbonyl (C=O) groups excluding carboxylic acids is 1. The predicted octanol–water partition coefficient (Wildman–Crippen LogP) is 0.618. The Morgan fingerprint density at radius 3 is 2.94 bits per heavy atom. The fourth-order valence-electron chi connectivity index (χ4n) is 2.83. The summed E-state index contributed by atoms with van der Waals surface area (Å²) in [6, 6.07) is 0. The van der Waals surface area contributed by atoms with Crippen molar-refractivity contribution >= 4 is 6.29 Å². The number of nitrogens with zero attached hydrogens (tertiary/aromatic N) is 2. The molecular weight excluding hydrogens is 216 g/mol.